The average molecular weight is 335 g/mol. The van der Waals surface area contributed by atoms with Gasteiger partial charge in [-0.3, -0.25) is 9.69 Å². The van der Waals surface area contributed by atoms with Gasteiger partial charge in [-0.15, -0.1) is 0 Å². The summed E-state index contributed by atoms with van der Waals surface area (Å²) in [5, 5.41) is 0. The topological polar surface area (TPSA) is 29.5 Å². The van der Waals surface area contributed by atoms with Crippen LogP contribution in [0.2, 0.25) is 0 Å². The van der Waals surface area contributed by atoms with Gasteiger partial charge >= 0.3 is 0 Å². The molecule has 2 rings (SSSR count). The van der Waals surface area contributed by atoms with Crippen LogP contribution < -0.4 is 4.74 Å². The van der Waals surface area contributed by atoms with Crippen molar-refractivity contribution in [3.63, 3.8) is 0 Å². The van der Waals surface area contributed by atoms with Gasteiger partial charge in [0, 0.05) is 6.54 Å². The fourth-order valence-electron chi connectivity index (χ4n) is 2.06. The molecule has 1 aromatic rings. The van der Waals surface area contributed by atoms with Crippen LogP contribution in [0.4, 0.5) is 0 Å². The smallest absolute Gasteiger partial charge is 0.266 e. The third-order valence-electron chi connectivity index (χ3n) is 3.27. The normalized spacial score (nSPS) is 16.6. The zero-order valence-electron chi connectivity index (χ0n) is 13.0. The molecule has 0 bridgehead atoms. The van der Waals surface area contributed by atoms with Crippen molar-refractivity contribution in [2.24, 2.45) is 0 Å². The number of thiocarbonyl (C=S) groups is 1. The van der Waals surface area contributed by atoms with Crippen LogP contribution in [0.25, 0.3) is 6.08 Å². The highest BCUT2D eigenvalue weighted by atomic mass is 32.2. The van der Waals surface area contributed by atoms with E-state index in [-0.39, 0.29) is 5.91 Å². The Morgan fingerprint density at radius 2 is 1.95 bits per heavy atom. The van der Waals surface area contributed by atoms with Crippen LogP contribution in [-0.2, 0) is 4.79 Å². The highest BCUT2D eigenvalue weighted by Crippen LogP contribution is 2.32. The Morgan fingerprint density at radius 3 is 2.59 bits per heavy atom. The first-order valence-electron chi connectivity index (χ1n) is 7.64. The second-order valence-corrected chi connectivity index (χ2v) is 6.78. The molecule has 1 heterocycles. The lowest BCUT2D eigenvalue weighted by molar-refractivity contribution is -0.122. The van der Waals surface area contributed by atoms with E-state index in [9.17, 15) is 4.79 Å². The van der Waals surface area contributed by atoms with Gasteiger partial charge < -0.3 is 4.74 Å². The molecule has 0 radical (unpaired) electrons. The molecule has 1 saturated heterocycles. The van der Waals surface area contributed by atoms with E-state index in [4.69, 9.17) is 17.0 Å². The summed E-state index contributed by atoms with van der Waals surface area (Å²) in [5.74, 6) is 0.879. The van der Waals surface area contributed by atoms with Crippen LogP contribution in [0.15, 0.2) is 29.2 Å². The maximum atomic E-state index is 12.3. The molecule has 1 amide bonds. The summed E-state index contributed by atoms with van der Waals surface area (Å²) >= 11 is 6.64. The number of hydrogen-bond donors (Lipinski definition) is 0. The summed E-state index contributed by atoms with van der Waals surface area (Å²) in [6.07, 6.45) is 4.98. The number of amides is 1. The first-order valence-corrected chi connectivity index (χ1v) is 8.86. The van der Waals surface area contributed by atoms with Gasteiger partial charge in [-0.2, -0.15) is 0 Å². The molecule has 0 spiro atoms. The molecule has 1 fully saturated rings. The number of nitrogens with zero attached hydrogens (tertiary/aromatic N) is 1. The van der Waals surface area contributed by atoms with E-state index < -0.39 is 0 Å². The van der Waals surface area contributed by atoms with Crippen molar-refractivity contribution in [3.8, 4) is 5.75 Å². The molecule has 0 aromatic heterocycles. The molecular weight excluding hydrogens is 314 g/mol. The first kappa shape index (κ1) is 17.0. The predicted octanol–water partition coefficient (Wildman–Crippen LogP) is 4.48. The summed E-state index contributed by atoms with van der Waals surface area (Å²) in [4.78, 5) is 14.6. The number of thioether (sulfide) groups is 1. The fraction of sp³-hybridized carbons (Fsp3) is 0.412. The Labute approximate surface area is 141 Å². The molecule has 0 unspecified atom stereocenters. The summed E-state index contributed by atoms with van der Waals surface area (Å²) in [5.41, 5.74) is 0.986. The maximum Gasteiger partial charge on any atom is 0.266 e. The number of carbonyl (C=O) groups is 1. The lowest BCUT2D eigenvalue weighted by Gasteiger charge is -2.11. The number of benzene rings is 1. The monoisotopic (exact) mass is 335 g/mol. The Bertz CT molecular complexity index is 567. The Kier molecular flexibility index (Phi) is 6.46. The van der Waals surface area contributed by atoms with E-state index in [2.05, 4.69) is 6.92 Å². The van der Waals surface area contributed by atoms with Crippen LogP contribution in [-0.4, -0.2) is 28.3 Å². The van der Waals surface area contributed by atoms with Crippen LogP contribution in [0, 0.1) is 0 Å². The summed E-state index contributed by atoms with van der Waals surface area (Å²) in [7, 11) is 0. The molecule has 1 aliphatic heterocycles. The van der Waals surface area contributed by atoms with Crippen LogP contribution >= 0.6 is 24.0 Å². The van der Waals surface area contributed by atoms with Crippen LogP contribution in [0.3, 0.4) is 0 Å². The summed E-state index contributed by atoms with van der Waals surface area (Å²) < 4.78 is 6.29. The van der Waals surface area contributed by atoms with Gasteiger partial charge in [-0.25, -0.2) is 0 Å². The quantitative estimate of drug-likeness (QED) is 0.417. The molecule has 0 saturated carbocycles. The van der Waals surface area contributed by atoms with Crippen molar-refractivity contribution in [2.45, 2.75) is 33.1 Å². The second-order valence-electron chi connectivity index (χ2n) is 5.10. The van der Waals surface area contributed by atoms with Gasteiger partial charge in [0.1, 0.15) is 10.1 Å². The van der Waals surface area contributed by atoms with Crippen molar-refractivity contribution < 1.29 is 9.53 Å². The summed E-state index contributed by atoms with van der Waals surface area (Å²) in [6, 6.07) is 7.81. The van der Waals surface area contributed by atoms with E-state index in [0.29, 0.717) is 15.8 Å². The Balaban J connectivity index is 2.03. The number of rotatable bonds is 7. The van der Waals surface area contributed by atoms with Crippen molar-refractivity contribution in [1.29, 1.82) is 0 Å². The first-order chi connectivity index (χ1) is 10.7. The van der Waals surface area contributed by atoms with E-state index in [0.717, 1.165) is 37.2 Å². The Morgan fingerprint density at radius 1 is 1.23 bits per heavy atom. The third kappa shape index (κ3) is 4.34. The zero-order chi connectivity index (χ0) is 15.9. The largest absolute Gasteiger partial charge is 0.494 e. The third-order valence-corrected chi connectivity index (χ3v) is 4.64. The van der Waals surface area contributed by atoms with Gasteiger partial charge in [0.25, 0.3) is 5.91 Å². The Hall–Kier alpha value is -1.33. The predicted molar refractivity (Wildman–Crippen MR) is 97.0 cm³/mol. The SMILES string of the molecule is CCCCOc1ccc(C=C2SC(=S)N(CCC)C2=O)cc1. The van der Waals surface area contributed by atoms with Gasteiger partial charge in [-0.1, -0.05) is 56.4 Å². The number of hydrogen-bond acceptors (Lipinski definition) is 4. The molecule has 3 nitrogen and oxygen atoms in total. The standard InChI is InChI=1S/C17H21NO2S2/c1-3-5-11-20-14-8-6-13(7-9-14)12-15-16(19)18(10-4-2)17(21)22-15/h6-9,12H,3-5,10-11H2,1-2H3. The van der Waals surface area contributed by atoms with Gasteiger partial charge in [0.15, 0.2) is 0 Å². The molecule has 1 aromatic carbocycles. The minimum Gasteiger partial charge on any atom is -0.494 e. The van der Waals surface area contributed by atoms with Gasteiger partial charge in [0.05, 0.1) is 11.5 Å². The van der Waals surface area contributed by atoms with Crippen LogP contribution in [0.5, 0.6) is 5.75 Å². The number of ether oxygens (including phenoxy) is 1. The van der Waals surface area contributed by atoms with E-state index in [1.165, 1.54) is 11.8 Å². The van der Waals surface area contributed by atoms with Crippen LogP contribution in [0.1, 0.15) is 38.7 Å². The lowest BCUT2D eigenvalue weighted by Crippen LogP contribution is -2.28. The average Bonchev–Trinajstić information content (AvgIpc) is 2.77. The van der Waals surface area contributed by atoms with Crippen molar-refractivity contribution in [1.82, 2.24) is 4.90 Å². The maximum absolute atomic E-state index is 12.3. The van der Waals surface area contributed by atoms with Gasteiger partial charge in [0.2, 0.25) is 0 Å². The minimum absolute atomic E-state index is 0.0140. The van der Waals surface area contributed by atoms with E-state index in [1.807, 2.05) is 37.3 Å². The van der Waals surface area contributed by atoms with Crippen molar-refractivity contribution in [2.75, 3.05) is 13.2 Å². The molecule has 22 heavy (non-hydrogen) atoms. The molecule has 0 atom stereocenters. The molecule has 0 N–H and O–H groups in total. The summed E-state index contributed by atoms with van der Waals surface area (Å²) in [6.45, 7) is 5.61. The molecule has 1 aliphatic rings. The molecular formula is C17H21NO2S2. The minimum atomic E-state index is 0.0140. The van der Waals surface area contributed by atoms with Crippen molar-refractivity contribution >= 4 is 40.3 Å². The fourth-order valence-corrected chi connectivity index (χ4v) is 3.37. The molecule has 0 aliphatic carbocycles. The van der Waals surface area contributed by atoms with E-state index in [1.54, 1.807) is 4.90 Å². The van der Waals surface area contributed by atoms with Gasteiger partial charge in [-0.05, 0) is 36.6 Å². The molecule has 118 valence electrons. The van der Waals surface area contributed by atoms with E-state index >= 15 is 0 Å². The number of unbranched alkanes of at least 4 members (excludes halogenated alkanes) is 1. The highest BCUT2D eigenvalue weighted by molar-refractivity contribution is 8.26. The second kappa shape index (κ2) is 8.34. The highest BCUT2D eigenvalue weighted by Gasteiger charge is 2.30. The van der Waals surface area contributed by atoms with Crippen molar-refractivity contribution in [3.05, 3.63) is 34.7 Å². The zero-order valence-corrected chi connectivity index (χ0v) is 14.6. The number of carbonyl (C=O) groups excluding carboxylic acids is 1. The molecule has 5 heteroatoms. The lowest BCUT2D eigenvalue weighted by atomic mass is 10.2.